The van der Waals surface area contributed by atoms with Gasteiger partial charge in [0.15, 0.2) is 0 Å². The quantitative estimate of drug-likeness (QED) is 0.525. The normalized spacial score (nSPS) is 20.3. The van der Waals surface area contributed by atoms with E-state index in [1.807, 2.05) is 23.9 Å². The Kier molecular flexibility index (Phi) is 1.77. The highest BCUT2D eigenvalue weighted by Gasteiger charge is 2.19. The first-order valence-corrected chi connectivity index (χ1v) is 4.26. The zero-order valence-corrected chi connectivity index (χ0v) is 7.41. The third kappa shape index (κ3) is 0.992. The van der Waals surface area contributed by atoms with E-state index in [0.29, 0.717) is 0 Å². The van der Waals surface area contributed by atoms with E-state index in [0.717, 1.165) is 17.9 Å². The number of fused-ring (bicyclic) bond motifs is 1. The number of aryl methyl sites for hydroxylation is 1. The summed E-state index contributed by atoms with van der Waals surface area (Å²) in [5.41, 5.74) is 1.56. The lowest BCUT2D eigenvalue weighted by molar-refractivity contribution is 0.622. The van der Waals surface area contributed by atoms with E-state index >= 15 is 0 Å². The van der Waals surface area contributed by atoms with Crippen molar-refractivity contribution in [3.05, 3.63) is 17.6 Å². The summed E-state index contributed by atoms with van der Waals surface area (Å²) in [7, 11) is 0. The highest BCUT2D eigenvalue weighted by molar-refractivity contribution is 6.20. The van der Waals surface area contributed by atoms with Gasteiger partial charge in [-0.1, -0.05) is 16.8 Å². The number of halogens is 1. The molecule has 4 nitrogen and oxygen atoms in total. The fraction of sp³-hybridized carbons (Fsp3) is 0.429. The van der Waals surface area contributed by atoms with Crippen molar-refractivity contribution in [1.29, 1.82) is 0 Å². The minimum Gasteiger partial charge on any atom is -0.370 e. The lowest BCUT2D eigenvalue weighted by Crippen LogP contribution is -2.15. The van der Waals surface area contributed by atoms with Gasteiger partial charge < -0.3 is 5.32 Å². The van der Waals surface area contributed by atoms with Gasteiger partial charge in [-0.05, 0) is 13.0 Å². The molecule has 1 aliphatic rings. The predicted molar refractivity (Wildman–Crippen MR) is 46.5 cm³/mol. The van der Waals surface area contributed by atoms with Gasteiger partial charge in [0.05, 0.1) is 5.69 Å². The fourth-order valence-electron chi connectivity index (χ4n) is 1.21. The Hall–Kier alpha value is -1.03. The molecule has 1 aromatic rings. The Morgan fingerprint density at radius 3 is 3.33 bits per heavy atom. The van der Waals surface area contributed by atoms with Crippen LogP contribution >= 0.6 is 11.6 Å². The average molecular weight is 185 g/mol. The van der Waals surface area contributed by atoms with Gasteiger partial charge in [-0.25, -0.2) is 4.68 Å². The van der Waals surface area contributed by atoms with E-state index in [1.54, 1.807) is 0 Å². The molecule has 0 saturated heterocycles. The van der Waals surface area contributed by atoms with Crippen LogP contribution in [0, 0.1) is 0 Å². The first-order chi connectivity index (χ1) is 5.83. The third-order valence-corrected chi connectivity index (χ3v) is 2.16. The van der Waals surface area contributed by atoms with Crippen molar-refractivity contribution in [2.45, 2.75) is 19.0 Å². The summed E-state index contributed by atoms with van der Waals surface area (Å²) in [6.07, 6.45) is 3.74. The van der Waals surface area contributed by atoms with E-state index in [1.165, 1.54) is 0 Å². The van der Waals surface area contributed by atoms with Crippen LogP contribution in [0.5, 0.6) is 0 Å². The van der Waals surface area contributed by atoms with Crippen LogP contribution in [0.4, 0.5) is 0 Å². The van der Waals surface area contributed by atoms with E-state index in [9.17, 15) is 0 Å². The Labute approximate surface area is 75.2 Å². The van der Waals surface area contributed by atoms with E-state index in [4.69, 9.17) is 11.6 Å². The zero-order chi connectivity index (χ0) is 8.55. The average Bonchev–Trinajstić information content (AvgIpc) is 2.49. The van der Waals surface area contributed by atoms with Crippen LogP contribution in [0.15, 0.2) is 6.20 Å². The second-order valence-electron chi connectivity index (χ2n) is 2.54. The van der Waals surface area contributed by atoms with Crippen LogP contribution in [0.1, 0.15) is 23.8 Å². The smallest absolute Gasteiger partial charge is 0.148 e. The minimum atomic E-state index is -0.245. The fourth-order valence-corrected chi connectivity index (χ4v) is 1.44. The first kappa shape index (κ1) is 7.61. The molecule has 0 aliphatic carbocycles. The number of nitrogens with zero attached hydrogens (tertiary/aromatic N) is 3. The SMILES string of the molecule is CCn1nnc2c1C=CNC2Cl. The summed E-state index contributed by atoms with van der Waals surface area (Å²) in [6.45, 7) is 2.84. The van der Waals surface area contributed by atoms with E-state index < -0.39 is 0 Å². The van der Waals surface area contributed by atoms with Gasteiger partial charge in [-0.3, -0.25) is 0 Å². The second kappa shape index (κ2) is 2.79. The summed E-state index contributed by atoms with van der Waals surface area (Å²) in [4.78, 5) is 0. The molecule has 1 unspecified atom stereocenters. The molecular weight excluding hydrogens is 176 g/mol. The maximum Gasteiger partial charge on any atom is 0.148 e. The van der Waals surface area contributed by atoms with Gasteiger partial charge in [-0.2, -0.15) is 0 Å². The molecule has 1 atom stereocenters. The Balaban J connectivity index is 2.50. The molecule has 5 heteroatoms. The topological polar surface area (TPSA) is 42.7 Å². The number of hydrogen-bond donors (Lipinski definition) is 1. The largest absolute Gasteiger partial charge is 0.370 e. The Morgan fingerprint density at radius 1 is 1.75 bits per heavy atom. The van der Waals surface area contributed by atoms with Gasteiger partial charge in [0, 0.05) is 12.7 Å². The molecular formula is C7H9ClN4. The van der Waals surface area contributed by atoms with Crippen molar-refractivity contribution in [3.63, 3.8) is 0 Å². The van der Waals surface area contributed by atoms with Crippen LogP contribution in [-0.2, 0) is 6.54 Å². The molecule has 0 radical (unpaired) electrons. The molecule has 1 aliphatic heterocycles. The summed E-state index contributed by atoms with van der Waals surface area (Å²) >= 11 is 5.94. The standard InChI is InChI=1S/C7H9ClN4/c1-2-12-5-3-4-9-7(8)6(5)10-11-12/h3-4,7,9H,2H2,1H3. The van der Waals surface area contributed by atoms with E-state index in [2.05, 4.69) is 15.6 Å². The molecule has 1 aromatic heterocycles. The van der Waals surface area contributed by atoms with Gasteiger partial charge in [0.2, 0.25) is 0 Å². The second-order valence-corrected chi connectivity index (χ2v) is 2.97. The molecule has 64 valence electrons. The van der Waals surface area contributed by atoms with Crippen LogP contribution in [0.25, 0.3) is 6.08 Å². The van der Waals surface area contributed by atoms with Crippen LogP contribution < -0.4 is 5.32 Å². The van der Waals surface area contributed by atoms with Gasteiger partial charge in [0.25, 0.3) is 0 Å². The lowest BCUT2D eigenvalue weighted by atomic mass is 10.2. The number of rotatable bonds is 1. The van der Waals surface area contributed by atoms with Gasteiger partial charge in [0.1, 0.15) is 11.2 Å². The molecule has 2 heterocycles. The van der Waals surface area contributed by atoms with Crippen LogP contribution in [-0.4, -0.2) is 15.0 Å². The summed E-state index contributed by atoms with van der Waals surface area (Å²) in [6, 6.07) is 0. The molecule has 0 amide bonds. The number of alkyl halides is 1. The van der Waals surface area contributed by atoms with Crippen LogP contribution in [0.3, 0.4) is 0 Å². The highest BCUT2D eigenvalue weighted by Crippen LogP contribution is 2.23. The molecule has 1 N–H and O–H groups in total. The predicted octanol–water partition coefficient (Wildman–Crippen LogP) is 1.11. The van der Waals surface area contributed by atoms with Crippen molar-refractivity contribution >= 4 is 17.7 Å². The van der Waals surface area contributed by atoms with Crippen molar-refractivity contribution in [3.8, 4) is 0 Å². The molecule has 0 bridgehead atoms. The Morgan fingerprint density at radius 2 is 2.58 bits per heavy atom. The maximum atomic E-state index is 5.94. The van der Waals surface area contributed by atoms with Gasteiger partial charge >= 0.3 is 0 Å². The zero-order valence-electron chi connectivity index (χ0n) is 6.66. The molecule has 0 saturated carbocycles. The molecule has 12 heavy (non-hydrogen) atoms. The number of nitrogens with one attached hydrogen (secondary N) is 1. The van der Waals surface area contributed by atoms with E-state index in [-0.39, 0.29) is 5.50 Å². The Bertz CT molecular complexity index is 317. The minimum absolute atomic E-state index is 0.245. The molecule has 2 rings (SSSR count). The number of hydrogen-bond acceptors (Lipinski definition) is 3. The molecule has 0 spiro atoms. The summed E-state index contributed by atoms with van der Waals surface area (Å²) in [5, 5.41) is 10.9. The lowest BCUT2D eigenvalue weighted by Gasteiger charge is -2.12. The summed E-state index contributed by atoms with van der Waals surface area (Å²) in [5.74, 6) is 0. The molecule has 0 aromatic carbocycles. The monoisotopic (exact) mass is 184 g/mol. The third-order valence-electron chi connectivity index (χ3n) is 1.82. The maximum absolute atomic E-state index is 5.94. The first-order valence-electron chi connectivity index (χ1n) is 3.83. The van der Waals surface area contributed by atoms with Crippen molar-refractivity contribution in [2.75, 3.05) is 0 Å². The summed E-state index contributed by atoms with van der Waals surface area (Å²) < 4.78 is 1.82. The highest BCUT2D eigenvalue weighted by atomic mass is 35.5. The van der Waals surface area contributed by atoms with Gasteiger partial charge in [-0.15, -0.1) is 5.10 Å². The number of aromatic nitrogens is 3. The van der Waals surface area contributed by atoms with Crippen molar-refractivity contribution in [2.24, 2.45) is 0 Å². The van der Waals surface area contributed by atoms with Crippen LogP contribution in [0.2, 0.25) is 0 Å². The van der Waals surface area contributed by atoms with Crippen molar-refractivity contribution in [1.82, 2.24) is 20.3 Å². The molecule has 0 fully saturated rings. The van der Waals surface area contributed by atoms with Crippen molar-refractivity contribution < 1.29 is 0 Å².